The summed E-state index contributed by atoms with van der Waals surface area (Å²) in [5.41, 5.74) is 0.262. The molecule has 0 aliphatic carbocycles. The van der Waals surface area contributed by atoms with Gasteiger partial charge in [-0.25, -0.2) is 0 Å². The second-order valence-electron chi connectivity index (χ2n) is 4.83. The number of Topliss-reactive ketones (excluding diaryl/α,β-unsaturated/α-hetero) is 1. The zero-order valence-electron chi connectivity index (χ0n) is 13.0. The molecule has 2 aromatic carbocycles. The van der Waals surface area contributed by atoms with Gasteiger partial charge in [0.15, 0.2) is 17.2 Å². The Labute approximate surface area is 149 Å². The van der Waals surface area contributed by atoms with E-state index < -0.39 is 5.78 Å². The summed E-state index contributed by atoms with van der Waals surface area (Å²) in [7, 11) is 0. The highest BCUT2D eigenvalue weighted by molar-refractivity contribution is 6.35. The number of benzene rings is 2. The molecule has 2 aromatic rings. The van der Waals surface area contributed by atoms with Crippen LogP contribution in [-0.2, 0) is 4.79 Å². The van der Waals surface area contributed by atoms with Crippen molar-refractivity contribution in [3.8, 4) is 11.5 Å². The lowest BCUT2D eigenvalue weighted by atomic mass is 10.3. The minimum absolute atomic E-state index is 0.116. The first kappa shape index (κ1) is 18.0. The number of carbonyl (C=O) groups is 1. The van der Waals surface area contributed by atoms with Gasteiger partial charge in [0.2, 0.25) is 0 Å². The second kappa shape index (κ2) is 7.95. The van der Waals surface area contributed by atoms with Crippen molar-refractivity contribution >= 4 is 34.7 Å². The molecule has 0 saturated heterocycles. The molecule has 0 saturated carbocycles. The van der Waals surface area contributed by atoms with Crippen LogP contribution in [0, 0.1) is 0 Å². The van der Waals surface area contributed by atoms with Crippen molar-refractivity contribution in [2.24, 2.45) is 10.2 Å². The molecule has 7 heteroatoms. The molecular formula is C17H14Cl2N2O3. The molecule has 0 aromatic heterocycles. The summed E-state index contributed by atoms with van der Waals surface area (Å²) in [4.78, 5) is 11.4. The molecule has 0 fully saturated rings. The normalized spacial score (nSPS) is 12.2. The van der Waals surface area contributed by atoms with Crippen LogP contribution in [0.4, 0.5) is 5.69 Å². The van der Waals surface area contributed by atoms with Crippen LogP contribution in [-0.4, -0.2) is 10.9 Å². The number of rotatable bonds is 5. The Morgan fingerprint density at radius 1 is 1.08 bits per heavy atom. The maximum absolute atomic E-state index is 11.4. The Morgan fingerprint density at radius 3 is 2.42 bits per heavy atom. The Morgan fingerprint density at radius 2 is 1.79 bits per heavy atom. The number of hydrogen-bond acceptors (Lipinski definition) is 5. The summed E-state index contributed by atoms with van der Waals surface area (Å²) in [6, 6.07) is 11.7. The van der Waals surface area contributed by atoms with Crippen molar-refractivity contribution in [1.29, 1.82) is 0 Å². The number of nitrogens with zero attached hydrogens (tertiary/aromatic N) is 2. The maximum Gasteiger partial charge on any atom is 0.183 e. The van der Waals surface area contributed by atoms with Crippen molar-refractivity contribution < 1.29 is 14.6 Å². The van der Waals surface area contributed by atoms with E-state index in [0.29, 0.717) is 27.2 Å². The molecular weight excluding hydrogens is 351 g/mol. The third kappa shape index (κ3) is 4.57. The summed E-state index contributed by atoms with van der Waals surface area (Å²) in [6.07, 6.45) is 0. The predicted molar refractivity (Wildman–Crippen MR) is 93.5 cm³/mol. The molecule has 0 atom stereocenters. The molecule has 2 rings (SSSR count). The van der Waals surface area contributed by atoms with Gasteiger partial charge in [-0.1, -0.05) is 35.3 Å². The van der Waals surface area contributed by atoms with E-state index in [4.69, 9.17) is 27.9 Å². The Hall–Kier alpha value is -2.37. The van der Waals surface area contributed by atoms with E-state index in [2.05, 4.69) is 10.2 Å². The second-order valence-corrected chi connectivity index (χ2v) is 5.68. The average molecular weight is 365 g/mol. The number of halogens is 2. The van der Waals surface area contributed by atoms with Gasteiger partial charge < -0.3 is 9.84 Å². The lowest BCUT2D eigenvalue weighted by Gasteiger charge is -2.09. The highest BCUT2D eigenvalue weighted by Gasteiger charge is 2.10. The lowest BCUT2D eigenvalue weighted by Crippen LogP contribution is -1.96. The van der Waals surface area contributed by atoms with Crippen molar-refractivity contribution in [2.45, 2.75) is 13.8 Å². The number of aliphatic hydroxyl groups is 1. The first-order valence-electron chi connectivity index (χ1n) is 6.93. The average Bonchev–Trinajstić information content (AvgIpc) is 2.51. The first-order chi connectivity index (χ1) is 11.4. The van der Waals surface area contributed by atoms with Crippen molar-refractivity contribution in [3.05, 3.63) is 64.0 Å². The highest BCUT2D eigenvalue weighted by atomic mass is 35.5. The molecule has 0 spiro atoms. The van der Waals surface area contributed by atoms with Crippen molar-refractivity contribution in [3.63, 3.8) is 0 Å². The zero-order chi connectivity index (χ0) is 17.7. The van der Waals surface area contributed by atoms with E-state index in [9.17, 15) is 9.90 Å². The van der Waals surface area contributed by atoms with E-state index in [0.717, 1.165) is 0 Å². The third-order valence-electron chi connectivity index (χ3n) is 2.91. The van der Waals surface area contributed by atoms with Gasteiger partial charge in [0, 0.05) is 11.9 Å². The fourth-order valence-corrected chi connectivity index (χ4v) is 2.25. The number of hydrogen-bond donors (Lipinski definition) is 1. The summed E-state index contributed by atoms with van der Waals surface area (Å²) >= 11 is 12.0. The molecule has 0 aliphatic rings. The number of carbonyl (C=O) groups excluding carboxylic acids is 1. The minimum Gasteiger partial charge on any atom is -0.510 e. The quantitative estimate of drug-likeness (QED) is 0.387. The van der Waals surface area contributed by atoms with E-state index in [1.54, 1.807) is 42.5 Å². The molecule has 0 aliphatic heterocycles. The van der Waals surface area contributed by atoms with Gasteiger partial charge >= 0.3 is 0 Å². The standard InChI is InChI=1S/C17H14Cl2N2O3/c1-10(22)17(11(2)23)21-20-14-5-3-4-6-16(14)24-15-8-7-12(18)9-13(15)19/h3-9,22H,1-2H3. The number of para-hydroxylation sites is 1. The maximum atomic E-state index is 11.4. The van der Waals surface area contributed by atoms with Crippen LogP contribution in [0.25, 0.3) is 0 Å². The molecule has 1 N–H and O–H groups in total. The van der Waals surface area contributed by atoms with Gasteiger partial charge in [-0.15, -0.1) is 10.2 Å². The molecule has 0 bridgehead atoms. The summed E-state index contributed by atoms with van der Waals surface area (Å²) in [6.45, 7) is 2.66. The van der Waals surface area contributed by atoms with Gasteiger partial charge in [0.05, 0.1) is 5.02 Å². The monoisotopic (exact) mass is 364 g/mol. The molecule has 0 amide bonds. The molecule has 0 heterocycles. The molecule has 5 nitrogen and oxygen atoms in total. The predicted octanol–water partition coefficient (Wildman–Crippen LogP) is 6.25. The largest absolute Gasteiger partial charge is 0.510 e. The van der Waals surface area contributed by atoms with Crippen LogP contribution in [0.3, 0.4) is 0 Å². The Balaban J connectivity index is 2.34. The van der Waals surface area contributed by atoms with Crippen LogP contribution in [0.1, 0.15) is 13.8 Å². The smallest absolute Gasteiger partial charge is 0.183 e. The molecule has 24 heavy (non-hydrogen) atoms. The van der Waals surface area contributed by atoms with Gasteiger partial charge in [-0.2, -0.15) is 0 Å². The molecule has 0 radical (unpaired) electrons. The summed E-state index contributed by atoms with van der Waals surface area (Å²) in [5, 5.41) is 18.1. The number of aliphatic hydroxyl groups excluding tert-OH is 1. The van der Waals surface area contributed by atoms with Gasteiger partial charge in [0.25, 0.3) is 0 Å². The highest BCUT2D eigenvalue weighted by Crippen LogP contribution is 2.36. The first-order valence-corrected chi connectivity index (χ1v) is 7.68. The zero-order valence-corrected chi connectivity index (χ0v) is 14.5. The van der Waals surface area contributed by atoms with E-state index in [1.165, 1.54) is 13.8 Å². The van der Waals surface area contributed by atoms with Crippen LogP contribution in [0.5, 0.6) is 11.5 Å². The van der Waals surface area contributed by atoms with E-state index in [1.807, 2.05) is 0 Å². The van der Waals surface area contributed by atoms with Crippen LogP contribution < -0.4 is 4.74 Å². The number of ether oxygens (including phenoxy) is 1. The number of allylic oxidation sites excluding steroid dienone is 2. The van der Waals surface area contributed by atoms with Gasteiger partial charge in [0.1, 0.15) is 17.2 Å². The summed E-state index contributed by atoms with van der Waals surface area (Å²) < 4.78 is 5.74. The fraction of sp³-hybridized carbons (Fsp3) is 0.118. The molecule has 124 valence electrons. The number of ketones is 1. The van der Waals surface area contributed by atoms with Crippen LogP contribution >= 0.6 is 23.2 Å². The van der Waals surface area contributed by atoms with Gasteiger partial charge in [-0.3, -0.25) is 4.79 Å². The minimum atomic E-state index is -0.391. The lowest BCUT2D eigenvalue weighted by molar-refractivity contribution is -0.113. The third-order valence-corrected chi connectivity index (χ3v) is 3.44. The van der Waals surface area contributed by atoms with Crippen molar-refractivity contribution in [1.82, 2.24) is 0 Å². The van der Waals surface area contributed by atoms with Crippen LogP contribution in [0.15, 0.2) is 64.1 Å². The number of azo groups is 1. The van der Waals surface area contributed by atoms with Crippen LogP contribution in [0.2, 0.25) is 10.0 Å². The topological polar surface area (TPSA) is 71.2 Å². The Kier molecular flexibility index (Phi) is 5.95. The Bertz CT molecular complexity index is 828. The fourth-order valence-electron chi connectivity index (χ4n) is 1.80. The SMILES string of the molecule is CC(=O)C(N=Nc1ccccc1Oc1ccc(Cl)cc1Cl)=C(C)O. The van der Waals surface area contributed by atoms with E-state index in [-0.39, 0.29) is 11.5 Å². The van der Waals surface area contributed by atoms with Crippen molar-refractivity contribution in [2.75, 3.05) is 0 Å². The van der Waals surface area contributed by atoms with Gasteiger partial charge in [-0.05, 0) is 37.3 Å². The van der Waals surface area contributed by atoms with E-state index >= 15 is 0 Å². The molecule has 0 unspecified atom stereocenters. The summed E-state index contributed by atoms with van der Waals surface area (Å²) in [5.74, 6) is 0.205.